The molecule has 0 atom stereocenters. The average Bonchev–Trinajstić information content (AvgIpc) is 2.73. The summed E-state index contributed by atoms with van der Waals surface area (Å²) in [4.78, 5) is 14.1. The zero-order valence-electron chi connectivity index (χ0n) is 9.41. The second-order valence-corrected chi connectivity index (χ2v) is 4.56. The number of rotatable bonds is 5. The Morgan fingerprint density at radius 2 is 2.12 bits per heavy atom. The summed E-state index contributed by atoms with van der Waals surface area (Å²) in [5.41, 5.74) is 0. The second kappa shape index (κ2) is 5.58. The lowest BCUT2D eigenvalue weighted by atomic mass is 10.3. The largest absolute Gasteiger partial charge is 0.298 e. The van der Waals surface area contributed by atoms with E-state index >= 15 is 0 Å². The summed E-state index contributed by atoms with van der Waals surface area (Å²) in [6.45, 7) is 0. The van der Waals surface area contributed by atoms with Crippen LogP contribution in [0.2, 0.25) is 0 Å². The molecule has 0 aliphatic heterocycles. The van der Waals surface area contributed by atoms with Crippen molar-refractivity contribution in [1.29, 1.82) is 0 Å². The van der Waals surface area contributed by atoms with E-state index in [4.69, 9.17) is 0 Å². The SMILES string of the molecule is Cn1nnc(CC(=O)CSc2ccccc2)n1. The lowest BCUT2D eigenvalue weighted by Crippen LogP contribution is -2.07. The Bertz CT molecular complexity index is 497. The van der Waals surface area contributed by atoms with Gasteiger partial charge in [-0.05, 0) is 17.3 Å². The number of hydrogen-bond acceptors (Lipinski definition) is 5. The predicted octanol–water partition coefficient (Wildman–Crippen LogP) is 1.11. The van der Waals surface area contributed by atoms with Crippen molar-refractivity contribution < 1.29 is 4.79 Å². The van der Waals surface area contributed by atoms with Crippen molar-refractivity contribution in [3.63, 3.8) is 0 Å². The van der Waals surface area contributed by atoms with Crippen LogP contribution in [0.1, 0.15) is 5.82 Å². The van der Waals surface area contributed by atoms with Gasteiger partial charge >= 0.3 is 0 Å². The summed E-state index contributed by atoms with van der Waals surface area (Å²) < 4.78 is 0. The molecule has 0 spiro atoms. The van der Waals surface area contributed by atoms with Crippen LogP contribution in [-0.2, 0) is 18.3 Å². The molecule has 1 aromatic heterocycles. The molecule has 0 aliphatic carbocycles. The van der Waals surface area contributed by atoms with E-state index in [1.807, 2.05) is 30.3 Å². The molecule has 88 valence electrons. The van der Waals surface area contributed by atoms with Gasteiger partial charge in [0, 0.05) is 4.90 Å². The monoisotopic (exact) mass is 248 g/mol. The highest BCUT2D eigenvalue weighted by molar-refractivity contribution is 8.00. The molecule has 5 nitrogen and oxygen atoms in total. The van der Waals surface area contributed by atoms with Crippen LogP contribution in [0.5, 0.6) is 0 Å². The predicted molar refractivity (Wildman–Crippen MR) is 64.7 cm³/mol. The van der Waals surface area contributed by atoms with Gasteiger partial charge in [-0.25, -0.2) is 0 Å². The third-order valence-corrected chi connectivity index (χ3v) is 3.12. The Morgan fingerprint density at radius 3 is 2.76 bits per heavy atom. The molecule has 0 N–H and O–H groups in total. The van der Waals surface area contributed by atoms with E-state index in [9.17, 15) is 4.79 Å². The van der Waals surface area contributed by atoms with Crippen LogP contribution in [0.3, 0.4) is 0 Å². The molecule has 0 fully saturated rings. The summed E-state index contributed by atoms with van der Waals surface area (Å²) in [5, 5.41) is 11.4. The molecule has 2 rings (SSSR count). The zero-order valence-corrected chi connectivity index (χ0v) is 10.2. The molecule has 0 saturated heterocycles. The highest BCUT2D eigenvalue weighted by atomic mass is 32.2. The van der Waals surface area contributed by atoms with Gasteiger partial charge in [-0.15, -0.1) is 22.0 Å². The second-order valence-electron chi connectivity index (χ2n) is 3.51. The fraction of sp³-hybridized carbons (Fsp3) is 0.273. The molecule has 1 aromatic carbocycles. The number of carbonyl (C=O) groups is 1. The lowest BCUT2D eigenvalue weighted by molar-refractivity contribution is -0.116. The zero-order chi connectivity index (χ0) is 12.1. The minimum absolute atomic E-state index is 0.104. The Kier molecular flexibility index (Phi) is 3.87. The van der Waals surface area contributed by atoms with Crippen molar-refractivity contribution in [3.05, 3.63) is 36.2 Å². The molecule has 6 heteroatoms. The topological polar surface area (TPSA) is 60.7 Å². The maximum absolute atomic E-state index is 11.7. The van der Waals surface area contributed by atoms with Crippen LogP contribution in [0.15, 0.2) is 35.2 Å². The molecule has 0 unspecified atom stereocenters. The van der Waals surface area contributed by atoms with E-state index in [-0.39, 0.29) is 12.2 Å². The number of Topliss-reactive ketones (excluding diaryl/α,β-unsaturated/α-hetero) is 1. The van der Waals surface area contributed by atoms with E-state index in [0.717, 1.165) is 4.90 Å². The molecular formula is C11H12N4OS. The van der Waals surface area contributed by atoms with E-state index in [2.05, 4.69) is 15.4 Å². The van der Waals surface area contributed by atoms with Crippen LogP contribution >= 0.6 is 11.8 Å². The number of benzene rings is 1. The van der Waals surface area contributed by atoms with Gasteiger partial charge in [-0.1, -0.05) is 18.2 Å². The Hall–Kier alpha value is -1.69. The van der Waals surface area contributed by atoms with E-state index in [1.54, 1.807) is 7.05 Å². The first-order chi connectivity index (χ1) is 8.24. The Balaban J connectivity index is 1.82. The Labute approximate surface area is 103 Å². The smallest absolute Gasteiger partial charge is 0.182 e. The van der Waals surface area contributed by atoms with Crippen LogP contribution in [0.25, 0.3) is 0 Å². The van der Waals surface area contributed by atoms with Crippen molar-refractivity contribution in [2.24, 2.45) is 7.05 Å². The summed E-state index contributed by atoms with van der Waals surface area (Å²) in [6, 6.07) is 9.83. The molecule has 0 bridgehead atoms. The molecule has 0 aliphatic rings. The standard InChI is InChI=1S/C11H12N4OS/c1-15-13-11(12-14-15)7-9(16)8-17-10-5-3-2-4-6-10/h2-6H,7-8H2,1H3. The third-order valence-electron chi connectivity index (χ3n) is 2.05. The number of thioether (sulfide) groups is 1. The number of aromatic nitrogens is 4. The van der Waals surface area contributed by atoms with Gasteiger partial charge in [-0.2, -0.15) is 4.80 Å². The van der Waals surface area contributed by atoms with Gasteiger partial charge in [0.2, 0.25) is 0 Å². The summed E-state index contributed by atoms with van der Waals surface area (Å²) >= 11 is 1.52. The molecule has 1 heterocycles. The number of hydrogen-bond donors (Lipinski definition) is 0. The number of nitrogens with zero attached hydrogens (tertiary/aromatic N) is 4. The normalized spacial score (nSPS) is 10.4. The van der Waals surface area contributed by atoms with Gasteiger partial charge in [0.25, 0.3) is 0 Å². The number of aryl methyl sites for hydroxylation is 1. The first-order valence-corrected chi connectivity index (χ1v) is 6.15. The van der Waals surface area contributed by atoms with E-state index in [0.29, 0.717) is 11.6 Å². The number of ketones is 1. The van der Waals surface area contributed by atoms with Crippen molar-refractivity contribution >= 4 is 17.5 Å². The molecule has 2 aromatic rings. The van der Waals surface area contributed by atoms with Gasteiger partial charge in [-0.3, -0.25) is 4.79 Å². The molecule has 17 heavy (non-hydrogen) atoms. The first kappa shape index (κ1) is 11.8. The highest BCUT2D eigenvalue weighted by Crippen LogP contribution is 2.16. The maximum atomic E-state index is 11.7. The third kappa shape index (κ3) is 3.67. The van der Waals surface area contributed by atoms with Crippen molar-refractivity contribution in [1.82, 2.24) is 20.2 Å². The number of carbonyl (C=O) groups excluding carboxylic acids is 1. The van der Waals surface area contributed by atoms with Crippen molar-refractivity contribution in [2.75, 3.05) is 5.75 Å². The van der Waals surface area contributed by atoms with Gasteiger partial charge in [0.05, 0.1) is 19.2 Å². The summed E-state index contributed by atoms with van der Waals surface area (Å²) in [6.07, 6.45) is 0.244. The van der Waals surface area contributed by atoms with Crippen molar-refractivity contribution in [3.8, 4) is 0 Å². The van der Waals surface area contributed by atoms with Gasteiger partial charge in [0.15, 0.2) is 11.6 Å². The van der Waals surface area contributed by atoms with Gasteiger partial charge < -0.3 is 0 Å². The molecule has 0 saturated carbocycles. The quantitative estimate of drug-likeness (QED) is 0.742. The first-order valence-electron chi connectivity index (χ1n) is 5.16. The number of tetrazole rings is 1. The fourth-order valence-electron chi connectivity index (χ4n) is 1.30. The van der Waals surface area contributed by atoms with Crippen LogP contribution in [0, 0.1) is 0 Å². The average molecular weight is 248 g/mol. The maximum Gasteiger partial charge on any atom is 0.182 e. The summed E-state index contributed by atoms with van der Waals surface area (Å²) in [7, 11) is 1.68. The van der Waals surface area contributed by atoms with E-state index < -0.39 is 0 Å². The van der Waals surface area contributed by atoms with Crippen molar-refractivity contribution in [2.45, 2.75) is 11.3 Å². The molecule has 0 amide bonds. The Morgan fingerprint density at radius 1 is 1.35 bits per heavy atom. The van der Waals surface area contributed by atoms with Crippen LogP contribution in [0.4, 0.5) is 0 Å². The minimum Gasteiger partial charge on any atom is -0.298 e. The van der Waals surface area contributed by atoms with Crippen LogP contribution in [-0.4, -0.2) is 31.7 Å². The highest BCUT2D eigenvalue weighted by Gasteiger charge is 2.08. The summed E-state index contributed by atoms with van der Waals surface area (Å²) in [5.74, 6) is 1.01. The molecule has 0 radical (unpaired) electrons. The molecular weight excluding hydrogens is 236 g/mol. The van der Waals surface area contributed by atoms with Crippen LogP contribution < -0.4 is 0 Å². The fourth-order valence-corrected chi connectivity index (χ4v) is 2.08. The van der Waals surface area contributed by atoms with Gasteiger partial charge in [0.1, 0.15) is 0 Å². The minimum atomic E-state index is 0.104. The van der Waals surface area contributed by atoms with E-state index in [1.165, 1.54) is 16.6 Å². The lowest BCUT2D eigenvalue weighted by Gasteiger charge is -1.98.